The second kappa shape index (κ2) is 5.38. The van der Waals surface area contributed by atoms with Gasteiger partial charge in [-0.05, 0) is 58.4 Å². The molecule has 17 heavy (non-hydrogen) atoms. The fourth-order valence-electron chi connectivity index (χ4n) is 3.40. The zero-order chi connectivity index (χ0) is 12.4. The maximum atomic E-state index is 12.6. The number of likely N-dealkylation sites (tertiary alicyclic amines) is 1. The van der Waals surface area contributed by atoms with E-state index in [-0.39, 0.29) is 6.04 Å². The van der Waals surface area contributed by atoms with E-state index in [1.54, 1.807) is 0 Å². The van der Waals surface area contributed by atoms with Crippen LogP contribution in [-0.2, 0) is 4.79 Å². The largest absolute Gasteiger partial charge is 0.336 e. The lowest BCUT2D eigenvalue weighted by Gasteiger charge is -2.43. The molecule has 0 radical (unpaired) electrons. The van der Waals surface area contributed by atoms with Gasteiger partial charge in [0.05, 0.1) is 6.04 Å². The van der Waals surface area contributed by atoms with E-state index in [9.17, 15) is 4.79 Å². The first-order chi connectivity index (χ1) is 8.11. The number of nitrogens with one attached hydrogen (secondary N) is 1. The molecule has 3 heteroatoms. The van der Waals surface area contributed by atoms with E-state index in [2.05, 4.69) is 31.0 Å². The number of hydrogen-bond donors (Lipinski definition) is 1. The van der Waals surface area contributed by atoms with Crippen LogP contribution in [0.3, 0.4) is 0 Å². The lowest BCUT2D eigenvalue weighted by Crippen LogP contribution is -2.57. The Morgan fingerprint density at radius 3 is 2.29 bits per heavy atom. The highest BCUT2D eigenvalue weighted by Crippen LogP contribution is 2.26. The molecule has 2 heterocycles. The highest BCUT2D eigenvalue weighted by molar-refractivity contribution is 5.83. The summed E-state index contributed by atoms with van der Waals surface area (Å²) in [7, 11) is 0. The van der Waals surface area contributed by atoms with Gasteiger partial charge in [0.15, 0.2) is 0 Å². The fourth-order valence-corrected chi connectivity index (χ4v) is 3.40. The molecule has 0 aromatic heterocycles. The lowest BCUT2D eigenvalue weighted by molar-refractivity contribution is -0.141. The van der Waals surface area contributed by atoms with Gasteiger partial charge in [-0.25, -0.2) is 0 Å². The van der Waals surface area contributed by atoms with Crippen molar-refractivity contribution in [3.05, 3.63) is 0 Å². The summed E-state index contributed by atoms with van der Waals surface area (Å²) < 4.78 is 0. The smallest absolute Gasteiger partial charge is 0.240 e. The number of rotatable bonds is 1. The highest BCUT2D eigenvalue weighted by Gasteiger charge is 2.36. The molecular weight excluding hydrogens is 212 g/mol. The van der Waals surface area contributed by atoms with Gasteiger partial charge in [-0.1, -0.05) is 6.92 Å². The summed E-state index contributed by atoms with van der Waals surface area (Å²) in [5, 5.41) is 3.42. The Hall–Kier alpha value is -0.570. The van der Waals surface area contributed by atoms with Crippen molar-refractivity contribution in [3.8, 4) is 0 Å². The van der Waals surface area contributed by atoms with Gasteiger partial charge in [-0.15, -0.1) is 0 Å². The Balaban J connectivity index is 2.06. The summed E-state index contributed by atoms with van der Waals surface area (Å²) in [6.45, 7) is 7.59. The maximum absolute atomic E-state index is 12.6. The predicted molar refractivity (Wildman–Crippen MR) is 69.8 cm³/mol. The van der Waals surface area contributed by atoms with Crippen molar-refractivity contribution in [1.82, 2.24) is 10.2 Å². The van der Waals surface area contributed by atoms with Crippen LogP contribution in [0.1, 0.15) is 52.9 Å². The second-order valence-corrected chi connectivity index (χ2v) is 5.93. The van der Waals surface area contributed by atoms with Gasteiger partial charge in [0.1, 0.15) is 0 Å². The molecule has 0 bridgehead atoms. The number of piperidine rings is 2. The molecule has 4 atom stereocenters. The first kappa shape index (κ1) is 12.9. The van der Waals surface area contributed by atoms with Gasteiger partial charge in [0.2, 0.25) is 5.91 Å². The average molecular weight is 238 g/mol. The normalized spacial score (nSPS) is 39.1. The summed E-state index contributed by atoms with van der Waals surface area (Å²) in [4.78, 5) is 14.8. The van der Waals surface area contributed by atoms with Gasteiger partial charge in [-0.2, -0.15) is 0 Å². The van der Waals surface area contributed by atoms with Crippen LogP contribution in [0, 0.1) is 5.92 Å². The highest BCUT2D eigenvalue weighted by atomic mass is 16.2. The molecule has 2 rings (SSSR count). The second-order valence-electron chi connectivity index (χ2n) is 5.93. The molecule has 3 nitrogen and oxygen atoms in total. The summed E-state index contributed by atoms with van der Waals surface area (Å²) in [5.41, 5.74) is 0. The van der Waals surface area contributed by atoms with Gasteiger partial charge < -0.3 is 10.2 Å². The van der Waals surface area contributed by atoms with E-state index in [1.807, 2.05) is 0 Å². The summed E-state index contributed by atoms with van der Waals surface area (Å²) in [5.74, 6) is 0.828. The molecule has 0 aromatic carbocycles. The van der Waals surface area contributed by atoms with Crippen LogP contribution in [0.25, 0.3) is 0 Å². The molecule has 0 aromatic rings. The fraction of sp³-hybridized carbons (Fsp3) is 0.929. The minimum absolute atomic E-state index is 0.0618. The molecule has 1 N–H and O–H groups in total. The van der Waals surface area contributed by atoms with E-state index in [4.69, 9.17) is 0 Å². The molecule has 98 valence electrons. The minimum atomic E-state index is 0.0618. The minimum Gasteiger partial charge on any atom is -0.336 e. The number of carbonyl (C=O) groups is 1. The molecular formula is C14H26N2O. The molecule has 2 aliphatic rings. The van der Waals surface area contributed by atoms with Crippen LogP contribution in [0.4, 0.5) is 0 Å². The Labute approximate surface area is 105 Å². The standard InChI is InChI=1S/C14H26N2O/c1-10-6-5-9-15-13(10)14(17)16-11(2)7-4-8-12(16)3/h10-13,15H,4-9H2,1-3H3/t10?,11-,12+,13?. The van der Waals surface area contributed by atoms with Gasteiger partial charge in [0, 0.05) is 12.1 Å². The zero-order valence-electron chi connectivity index (χ0n) is 11.4. The van der Waals surface area contributed by atoms with Crippen LogP contribution >= 0.6 is 0 Å². The first-order valence-electron chi connectivity index (χ1n) is 7.17. The van der Waals surface area contributed by atoms with Crippen LogP contribution in [0.2, 0.25) is 0 Å². The molecule has 0 spiro atoms. The van der Waals surface area contributed by atoms with Crippen molar-refractivity contribution >= 4 is 5.91 Å². The van der Waals surface area contributed by atoms with Crippen molar-refractivity contribution in [2.45, 2.75) is 71.0 Å². The van der Waals surface area contributed by atoms with E-state index in [1.165, 1.54) is 19.3 Å². The van der Waals surface area contributed by atoms with E-state index < -0.39 is 0 Å². The first-order valence-corrected chi connectivity index (χ1v) is 7.17. The number of amides is 1. The van der Waals surface area contributed by atoms with Gasteiger partial charge in [-0.3, -0.25) is 4.79 Å². The molecule has 1 amide bonds. The average Bonchev–Trinajstić information content (AvgIpc) is 2.29. The number of nitrogens with zero attached hydrogens (tertiary/aromatic N) is 1. The SMILES string of the molecule is CC1CCCNC1C(=O)N1[C@H](C)CCC[C@@H]1C. The summed E-state index contributed by atoms with van der Waals surface area (Å²) in [6.07, 6.45) is 5.98. The van der Waals surface area contributed by atoms with E-state index >= 15 is 0 Å². The molecule has 2 saturated heterocycles. The summed E-state index contributed by atoms with van der Waals surface area (Å²) >= 11 is 0. The third-order valence-electron chi connectivity index (χ3n) is 4.48. The Morgan fingerprint density at radius 2 is 1.71 bits per heavy atom. The van der Waals surface area contributed by atoms with Crippen molar-refractivity contribution in [3.63, 3.8) is 0 Å². The van der Waals surface area contributed by atoms with Gasteiger partial charge >= 0.3 is 0 Å². The quantitative estimate of drug-likeness (QED) is 0.759. The number of hydrogen-bond acceptors (Lipinski definition) is 2. The lowest BCUT2D eigenvalue weighted by atomic mass is 9.89. The molecule has 2 unspecified atom stereocenters. The predicted octanol–water partition coefficient (Wildman–Crippen LogP) is 2.16. The third kappa shape index (κ3) is 2.65. The van der Waals surface area contributed by atoms with Crippen LogP contribution < -0.4 is 5.32 Å². The topological polar surface area (TPSA) is 32.3 Å². The number of carbonyl (C=O) groups excluding carboxylic acids is 1. The zero-order valence-corrected chi connectivity index (χ0v) is 11.4. The van der Waals surface area contributed by atoms with Crippen LogP contribution in [-0.4, -0.2) is 35.5 Å². The maximum Gasteiger partial charge on any atom is 0.240 e. The van der Waals surface area contributed by atoms with Crippen molar-refractivity contribution in [1.29, 1.82) is 0 Å². The van der Waals surface area contributed by atoms with E-state index in [0.29, 0.717) is 23.9 Å². The van der Waals surface area contributed by atoms with Crippen molar-refractivity contribution in [2.24, 2.45) is 5.92 Å². The summed E-state index contributed by atoms with van der Waals surface area (Å²) in [6, 6.07) is 0.899. The Bertz CT molecular complexity index is 269. The Morgan fingerprint density at radius 1 is 1.06 bits per heavy atom. The molecule has 0 aliphatic carbocycles. The third-order valence-corrected chi connectivity index (χ3v) is 4.48. The Kier molecular flexibility index (Phi) is 4.08. The molecule has 0 saturated carbocycles. The van der Waals surface area contributed by atoms with Gasteiger partial charge in [0.25, 0.3) is 0 Å². The molecule has 2 fully saturated rings. The van der Waals surface area contributed by atoms with E-state index in [0.717, 1.165) is 19.4 Å². The molecule has 2 aliphatic heterocycles. The van der Waals surface area contributed by atoms with Crippen molar-refractivity contribution < 1.29 is 4.79 Å². The van der Waals surface area contributed by atoms with Crippen LogP contribution in [0.5, 0.6) is 0 Å². The monoisotopic (exact) mass is 238 g/mol. The van der Waals surface area contributed by atoms with Crippen LogP contribution in [0.15, 0.2) is 0 Å². The van der Waals surface area contributed by atoms with Crippen molar-refractivity contribution in [2.75, 3.05) is 6.54 Å².